The molecule has 4 heteroatoms. The Hall–Kier alpha value is -1.86. The van der Waals surface area contributed by atoms with Crippen LogP contribution in [-0.4, -0.2) is 4.98 Å². The van der Waals surface area contributed by atoms with Crippen molar-refractivity contribution in [1.82, 2.24) is 4.98 Å². The molecule has 0 spiro atoms. The third-order valence-corrected chi connectivity index (χ3v) is 4.69. The zero-order chi connectivity index (χ0) is 13.2. The molecule has 3 rings (SSSR count). The molecule has 1 aliphatic rings. The van der Waals surface area contributed by atoms with Crippen LogP contribution < -0.4 is 5.73 Å². The molecule has 19 heavy (non-hydrogen) atoms. The van der Waals surface area contributed by atoms with Crippen LogP contribution in [0.2, 0.25) is 0 Å². The number of hydrogen-bond acceptors (Lipinski definition) is 4. The molecule has 0 aliphatic heterocycles. The molecule has 0 radical (unpaired) electrons. The first-order valence-corrected chi connectivity index (χ1v) is 7.36. The van der Waals surface area contributed by atoms with Gasteiger partial charge in [0.05, 0.1) is 16.6 Å². The van der Waals surface area contributed by atoms with Gasteiger partial charge in [-0.15, -0.1) is 11.3 Å². The second kappa shape index (κ2) is 5.02. The second-order valence-electron chi connectivity index (χ2n) is 4.94. The molecule has 1 aromatic carbocycles. The standard InChI is InChI=1S/C15H15N3S/c16-9-10-4-3-7-12(8-10)13-14(17)19-15(18-13)11-5-1-2-6-11/h3-4,7-8,11H,1-2,5-6,17H2. The predicted molar refractivity (Wildman–Crippen MR) is 77.9 cm³/mol. The Balaban J connectivity index is 1.98. The van der Waals surface area contributed by atoms with E-state index in [0.29, 0.717) is 11.5 Å². The molecule has 96 valence electrons. The van der Waals surface area contributed by atoms with Crippen LogP contribution in [0.15, 0.2) is 24.3 Å². The average Bonchev–Trinajstić information content (AvgIpc) is 3.07. The number of thiazole rings is 1. The van der Waals surface area contributed by atoms with Gasteiger partial charge in [-0.05, 0) is 25.0 Å². The van der Waals surface area contributed by atoms with Crippen molar-refractivity contribution in [3.8, 4) is 17.3 Å². The maximum atomic E-state index is 8.96. The fourth-order valence-electron chi connectivity index (χ4n) is 2.64. The fourth-order valence-corrected chi connectivity index (χ4v) is 3.66. The number of nitrogens with two attached hydrogens (primary N) is 1. The van der Waals surface area contributed by atoms with Gasteiger partial charge in [-0.25, -0.2) is 4.98 Å². The smallest absolute Gasteiger partial charge is 0.114 e. The molecule has 2 N–H and O–H groups in total. The lowest BCUT2D eigenvalue weighted by Crippen LogP contribution is -1.91. The van der Waals surface area contributed by atoms with Gasteiger partial charge in [0.1, 0.15) is 10.7 Å². The maximum Gasteiger partial charge on any atom is 0.114 e. The molecule has 3 nitrogen and oxygen atoms in total. The molecular formula is C15H15N3S. The average molecular weight is 269 g/mol. The van der Waals surface area contributed by atoms with Crippen LogP contribution in [-0.2, 0) is 0 Å². The van der Waals surface area contributed by atoms with Crippen molar-refractivity contribution >= 4 is 16.3 Å². The molecule has 2 aromatic rings. The minimum absolute atomic E-state index is 0.584. The summed E-state index contributed by atoms with van der Waals surface area (Å²) in [5, 5.41) is 10.9. The zero-order valence-electron chi connectivity index (χ0n) is 10.6. The van der Waals surface area contributed by atoms with Gasteiger partial charge in [0.15, 0.2) is 0 Å². The highest BCUT2D eigenvalue weighted by Crippen LogP contribution is 2.40. The van der Waals surface area contributed by atoms with Gasteiger partial charge in [0.2, 0.25) is 0 Å². The summed E-state index contributed by atoms with van der Waals surface area (Å²) in [6.45, 7) is 0. The van der Waals surface area contributed by atoms with Crippen molar-refractivity contribution in [3.05, 3.63) is 34.8 Å². The normalized spacial score (nSPS) is 15.5. The van der Waals surface area contributed by atoms with Gasteiger partial charge in [-0.3, -0.25) is 0 Å². The van der Waals surface area contributed by atoms with Crippen LogP contribution >= 0.6 is 11.3 Å². The van der Waals surface area contributed by atoms with E-state index in [0.717, 1.165) is 21.3 Å². The number of nitrogen functional groups attached to an aromatic ring is 1. The number of aromatic nitrogens is 1. The first-order valence-electron chi connectivity index (χ1n) is 6.54. The van der Waals surface area contributed by atoms with Gasteiger partial charge in [-0.1, -0.05) is 25.0 Å². The largest absolute Gasteiger partial charge is 0.389 e. The number of nitrogens with zero attached hydrogens (tertiary/aromatic N) is 2. The van der Waals surface area contributed by atoms with Crippen molar-refractivity contribution in [3.63, 3.8) is 0 Å². The van der Waals surface area contributed by atoms with Crippen molar-refractivity contribution < 1.29 is 0 Å². The SMILES string of the molecule is N#Cc1cccc(-c2nc(C3CCCC3)sc2N)c1. The molecule has 0 atom stereocenters. The molecule has 1 heterocycles. The zero-order valence-corrected chi connectivity index (χ0v) is 11.4. The summed E-state index contributed by atoms with van der Waals surface area (Å²) < 4.78 is 0. The van der Waals surface area contributed by atoms with Crippen LogP contribution in [0.4, 0.5) is 5.00 Å². The molecule has 0 saturated heterocycles. The van der Waals surface area contributed by atoms with Crippen molar-refractivity contribution in [1.29, 1.82) is 5.26 Å². The Labute approximate surface area is 116 Å². The fraction of sp³-hybridized carbons (Fsp3) is 0.333. The van der Waals surface area contributed by atoms with Crippen LogP contribution in [0.25, 0.3) is 11.3 Å². The highest BCUT2D eigenvalue weighted by Gasteiger charge is 2.22. The number of rotatable bonds is 2. The summed E-state index contributed by atoms with van der Waals surface area (Å²) >= 11 is 1.60. The summed E-state index contributed by atoms with van der Waals surface area (Å²) in [6, 6.07) is 9.64. The van der Waals surface area contributed by atoms with E-state index in [1.165, 1.54) is 25.7 Å². The van der Waals surface area contributed by atoms with Gasteiger partial charge in [-0.2, -0.15) is 5.26 Å². The quantitative estimate of drug-likeness (QED) is 0.898. The highest BCUT2D eigenvalue weighted by atomic mass is 32.1. The van der Waals surface area contributed by atoms with Crippen molar-refractivity contribution in [2.75, 3.05) is 5.73 Å². The molecule has 1 saturated carbocycles. The molecule has 0 amide bonds. The van der Waals surface area contributed by atoms with Crippen LogP contribution in [0.3, 0.4) is 0 Å². The maximum absolute atomic E-state index is 8.96. The summed E-state index contributed by atoms with van der Waals surface area (Å²) in [7, 11) is 0. The van der Waals surface area contributed by atoms with Crippen molar-refractivity contribution in [2.45, 2.75) is 31.6 Å². The lowest BCUT2D eigenvalue weighted by molar-refractivity contribution is 0.717. The minimum Gasteiger partial charge on any atom is -0.389 e. The van der Waals surface area contributed by atoms with Crippen molar-refractivity contribution in [2.24, 2.45) is 0 Å². The van der Waals surface area contributed by atoms with Gasteiger partial charge in [0.25, 0.3) is 0 Å². The first-order chi connectivity index (χ1) is 9.28. The summed E-state index contributed by atoms with van der Waals surface area (Å²) in [6.07, 6.45) is 5.04. The Kier molecular flexibility index (Phi) is 3.22. The van der Waals surface area contributed by atoms with E-state index in [9.17, 15) is 0 Å². The lowest BCUT2D eigenvalue weighted by atomic mass is 10.1. The third-order valence-electron chi connectivity index (χ3n) is 3.64. The topological polar surface area (TPSA) is 62.7 Å². The molecule has 1 aliphatic carbocycles. The molecule has 1 aromatic heterocycles. The van der Waals surface area contributed by atoms with E-state index in [1.54, 1.807) is 17.4 Å². The van der Waals surface area contributed by atoms with Crippen LogP contribution in [0.5, 0.6) is 0 Å². The van der Waals surface area contributed by atoms with Crippen LogP contribution in [0, 0.1) is 11.3 Å². The van der Waals surface area contributed by atoms with E-state index in [4.69, 9.17) is 16.0 Å². The number of benzene rings is 1. The molecule has 0 bridgehead atoms. The minimum atomic E-state index is 0.584. The molecule has 1 fully saturated rings. The predicted octanol–water partition coefficient (Wildman–Crippen LogP) is 3.92. The Morgan fingerprint density at radius 1 is 1.32 bits per heavy atom. The number of nitriles is 1. The highest BCUT2D eigenvalue weighted by molar-refractivity contribution is 7.16. The summed E-state index contributed by atoms with van der Waals surface area (Å²) in [5.41, 5.74) is 8.53. The monoisotopic (exact) mass is 269 g/mol. The van der Waals surface area contributed by atoms with Crippen LogP contribution in [0.1, 0.15) is 42.2 Å². The van der Waals surface area contributed by atoms with E-state index < -0.39 is 0 Å². The Morgan fingerprint density at radius 3 is 2.84 bits per heavy atom. The van der Waals surface area contributed by atoms with E-state index in [1.807, 2.05) is 18.2 Å². The van der Waals surface area contributed by atoms with E-state index in [2.05, 4.69) is 6.07 Å². The van der Waals surface area contributed by atoms with Gasteiger partial charge in [0, 0.05) is 11.5 Å². The number of hydrogen-bond donors (Lipinski definition) is 1. The lowest BCUT2D eigenvalue weighted by Gasteiger charge is -2.02. The second-order valence-corrected chi connectivity index (χ2v) is 6.00. The van der Waals surface area contributed by atoms with E-state index >= 15 is 0 Å². The molecule has 0 unspecified atom stereocenters. The third kappa shape index (κ3) is 2.34. The summed E-state index contributed by atoms with van der Waals surface area (Å²) in [4.78, 5) is 4.72. The first kappa shape index (κ1) is 12.2. The summed E-state index contributed by atoms with van der Waals surface area (Å²) in [5.74, 6) is 0.584. The van der Waals surface area contributed by atoms with Gasteiger partial charge < -0.3 is 5.73 Å². The molecular weight excluding hydrogens is 254 g/mol. The number of anilines is 1. The van der Waals surface area contributed by atoms with Gasteiger partial charge >= 0.3 is 0 Å². The van der Waals surface area contributed by atoms with E-state index in [-0.39, 0.29) is 0 Å². The Morgan fingerprint density at radius 2 is 2.11 bits per heavy atom. The Bertz CT molecular complexity index is 633.